The van der Waals surface area contributed by atoms with Gasteiger partial charge in [0.05, 0.1) is 12.8 Å². The van der Waals surface area contributed by atoms with Gasteiger partial charge in [-0.25, -0.2) is 10.4 Å². The third-order valence-electron chi connectivity index (χ3n) is 3.86. The summed E-state index contributed by atoms with van der Waals surface area (Å²) in [4.78, 5) is 18.2. The first-order valence-corrected chi connectivity index (χ1v) is 9.43. The van der Waals surface area contributed by atoms with Gasteiger partial charge in [-0.1, -0.05) is 29.8 Å². The van der Waals surface area contributed by atoms with Gasteiger partial charge in [0.15, 0.2) is 11.5 Å². The van der Waals surface area contributed by atoms with Crippen LogP contribution < -0.4 is 20.5 Å². The first-order valence-electron chi connectivity index (χ1n) is 9.05. The molecule has 0 aliphatic rings. The number of halogens is 1. The number of benzene rings is 2. The molecule has 0 bridgehead atoms. The lowest BCUT2D eigenvalue weighted by atomic mass is 10.2. The lowest BCUT2D eigenvalue weighted by molar-refractivity contribution is 0.269. The normalized spacial score (nSPS) is 10.9. The van der Waals surface area contributed by atoms with Crippen LogP contribution in [0.3, 0.4) is 0 Å². The van der Waals surface area contributed by atoms with Crippen LogP contribution >= 0.6 is 11.6 Å². The van der Waals surface area contributed by atoms with Gasteiger partial charge in [-0.2, -0.15) is 5.10 Å². The number of H-pyrrole nitrogens is 1. The van der Waals surface area contributed by atoms with Crippen LogP contribution in [0.2, 0.25) is 5.02 Å². The van der Waals surface area contributed by atoms with Crippen molar-refractivity contribution in [3.63, 3.8) is 0 Å². The van der Waals surface area contributed by atoms with Crippen LogP contribution in [-0.2, 0) is 6.61 Å². The summed E-state index contributed by atoms with van der Waals surface area (Å²) in [6.45, 7) is 4.47. The Hall–Kier alpha value is -3.32. The van der Waals surface area contributed by atoms with E-state index in [1.807, 2.05) is 49.4 Å². The Morgan fingerprint density at radius 3 is 2.76 bits per heavy atom. The zero-order valence-corrected chi connectivity index (χ0v) is 16.9. The van der Waals surface area contributed by atoms with Gasteiger partial charge >= 0.3 is 0 Å². The predicted molar refractivity (Wildman–Crippen MR) is 114 cm³/mol. The van der Waals surface area contributed by atoms with Crippen LogP contribution in [0.5, 0.6) is 11.5 Å². The molecule has 0 fully saturated rings. The minimum absolute atomic E-state index is 0.242. The number of nitrogens with one attached hydrogen (secondary N) is 2. The molecule has 3 rings (SSSR count). The molecule has 0 unspecified atom stereocenters. The van der Waals surface area contributed by atoms with Crippen molar-refractivity contribution in [1.82, 2.24) is 9.97 Å². The maximum absolute atomic E-state index is 11.5. The third kappa shape index (κ3) is 5.83. The predicted octanol–water partition coefficient (Wildman–Crippen LogP) is 4.16. The van der Waals surface area contributed by atoms with Crippen molar-refractivity contribution >= 4 is 23.8 Å². The summed E-state index contributed by atoms with van der Waals surface area (Å²) in [5, 5.41) is 4.76. The highest BCUT2D eigenvalue weighted by molar-refractivity contribution is 6.31. The van der Waals surface area contributed by atoms with E-state index in [1.54, 1.807) is 13.1 Å². The van der Waals surface area contributed by atoms with Crippen molar-refractivity contribution < 1.29 is 9.47 Å². The molecular weight excluding hydrogens is 392 g/mol. The van der Waals surface area contributed by atoms with Gasteiger partial charge in [-0.05, 0) is 43.7 Å². The van der Waals surface area contributed by atoms with E-state index in [1.165, 1.54) is 6.07 Å². The van der Waals surface area contributed by atoms with E-state index in [0.29, 0.717) is 35.4 Å². The summed E-state index contributed by atoms with van der Waals surface area (Å²) in [6.07, 6.45) is 1.60. The fourth-order valence-electron chi connectivity index (χ4n) is 2.56. The van der Waals surface area contributed by atoms with E-state index in [4.69, 9.17) is 21.1 Å². The highest BCUT2D eigenvalue weighted by Crippen LogP contribution is 2.29. The molecule has 2 N–H and O–H groups in total. The monoisotopic (exact) mass is 412 g/mol. The largest absolute Gasteiger partial charge is 0.490 e. The number of ether oxygens (including phenoxy) is 2. The average molecular weight is 413 g/mol. The molecule has 29 heavy (non-hydrogen) atoms. The standard InChI is InChI=1S/C21H21ClN4O3/c1-3-28-19-11-15(12-23-26-21-24-14(2)10-20(27)25-21)8-9-18(19)29-13-16-6-4-5-7-17(16)22/h4-12H,3,13H2,1-2H3,(H2,24,25,26,27)/b23-12-. The van der Waals surface area contributed by atoms with Crippen LogP contribution in [0, 0.1) is 6.92 Å². The summed E-state index contributed by atoms with van der Waals surface area (Å²) >= 11 is 6.18. The van der Waals surface area contributed by atoms with Crippen LogP contribution in [0.4, 0.5) is 5.95 Å². The molecule has 7 nitrogen and oxygen atoms in total. The molecule has 0 aliphatic carbocycles. The zero-order chi connectivity index (χ0) is 20.6. The number of hydrogen-bond acceptors (Lipinski definition) is 6. The van der Waals surface area contributed by atoms with Crippen molar-refractivity contribution in [1.29, 1.82) is 0 Å². The van der Waals surface area contributed by atoms with Crippen LogP contribution in [0.25, 0.3) is 0 Å². The number of nitrogens with zero attached hydrogens (tertiary/aromatic N) is 2. The second kappa shape index (κ2) is 9.75. The van der Waals surface area contributed by atoms with E-state index in [9.17, 15) is 4.79 Å². The first-order chi connectivity index (χ1) is 14.0. The Balaban J connectivity index is 1.71. The van der Waals surface area contributed by atoms with Crippen molar-refractivity contribution in [3.05, 3.63) is 80.7 Å². The van der Waals surface area contributed by atoms with E-state index in [2.05, 4.69) is 20.5 Å². The fraction of sp³-hybridized carbons (Fsp3) is 0.190. The highest BCUT2D eigenvalue weighted by Gasteiger charge is 2.08. The van der Waals surface area contributed by atoms with Gasteiger partial charge in [-0.3, -0.25) is 9.78 Å². The molecule has 0 saturated carbocycles. The van der Waals surface area contributed by atoms with E-state index >= 15 is 0 Å². The molecule has 150 valence electrons. The van der Waals surface area contributed by atoms with E-state index in [0.717, 1.165) is 11.1 Å². The van der Waals surface area contributed by atoms with Crippen LogP contribution in [-0.4, -0.2) is 22.8 Å². The summed E-state index contributed by atoms with van der Waals surface area (Å²) in [5.41, 5.74) is 4.76. The van der Waals surface area contributed by atoms with Crippen molar-refractivity contribution in [2.45, 2.75) is 20.5 Å². The van der Waals surface area contributed by atoms with Gasteiger partial charge in [-0.15, -0.1) is 0 Å². The summed E-state index contributed by atoms with van der Waals surface area (Å²) in [5.74, 6) is 1.49. The summed E-state index contributed by atoms with van der Waals surface area (Å²) in [7, 11) is 0. The van der Waals surface area contributed by atoms with Gasteiger partial charge in [0.25, 0.3) is 5.56 Å². The number of aromatic amines is 1. The van der Waals surface area contributed by atoms with Crippen molar-refractivity contribution in [2.24, 2.45) is 5.10 Å². The smallest absolute Gasteiger partial charge is 0.252 e. The summed E-state index contributed by atoms with van der Waals surface area (Å²) in [6, 6.07) is 14.4. The number of anilines is 1. The van der Waals surface area contributed by atoms with Crippen molar-refractivity contribution in [2.75, 3.05) is 12.0 Å². The molecule has 1 aromatic heterocycles. The summed E-state index contributed by atoms with van der Waals surface area (Å²) < 4.78 is 11.6. The van der Waals surface area contributed by atoms with Gasteiger partial charge in [0.1, 0.15) is 6.61 Å². The van der Waals surface area contributed by atoms with Crippen LogP contribution in [0.1, 0.15) is 23.7 Å². The molecule has 3 aromatic rings. The molecule has 0 saturated heterocycles. The SMILES string of the molecule is CCOc1cc(/C=N\Nc2nc(C)cc(=O)[nH]2)ccc1OCc1ccccc1Cl. The Morgan fingerprint density at radius 2 is 2.00 bits per heavy atom. The second-order valence-electron chi connectivity index (χ2n) is 6.12. The molecule has 8 heteroatoms. The molecule has 0 aliphatic heterocycles. The number of rotatable bonds is 8. The Kier molecular flexibility index (Phi) is 6.86. The average Bonchev–Trinajstić information content (AvgIpc) is 2.68. The molecule has 0 spiro atoms. The minimum Gasteiger partial charge on any atom is -0.490 e. The Morgan fingerprint density at radius 1 is 1.17 bits per heavy atom. The topological polar surface area (TPSA) is 88.6 Å². The highest BCUT2D eigenvalue weighted by atomic mass is 35.5. The minimum atomic E-state index is -0.242. The maximum Gasteiger partial charge on any atom is 0.252 e. The maximum atomic E-state index is 11.5. The first kappa shape index (κ1) is 20.4. The Labute approximate surface area is 173 Å². The zero-order valence-electron chi connectivity index (χ0n) is 16.1. The Bertz CT molecular complexity index is 1070. The number of aryl methyl sites for hydroxylation is 1. The van der Waals surface area contributed by atoms with E-state index < -0.39 is 0 Å². The van der Waals surface area contributed by atoms with Gasteiger partial charge < -0.3 is 9.47 Å². The number of aromatic nitrogens is 2. The van der Waals surface area contributed by atoms with Crippen molar-refractivity contribution in [3.8, 4) is 11.5 Å². The molecule has 0 amide bonds. The number of hydrazone groups is 1. The quantitative estimate of drug-likeness (QED) is 0.428. The van der Waals surface area contributed by atoms with E-state index in [-0.39, 0.29) is 11.5 Å². The lowest BCUT2D eigenvalue weighted by Gasteiger charge is -2.13. The molecular formula is C21H21ClN4O3. The fourth-order valence-corrected chi connectivity index (χ4v) is 2.75. The molecule has 2 aromatic carbocycles. The van der Waals surface area contributed by atoms with Crippen LogP contribution in [0.15, 0.2) is 58.4 Å². The number of hydrogen-bond donors (Lipinski definition) is 2. The lowest BCUT2D eigenvalue weighted by Crippen LogP contribution is -2.10. The molecule has 0 atom stereocenters. The van der Waals surface area contributed by atoms with Gasteiger partial charge in [0, 0.05) is 22.3 Å². The third-order valence-corrected chi connectivity index (χ3v) is 4.23. The molecule has 1 heterocycles. The molecule has 0 radical (unpaired) electrons. The second-order valence-corrected chi connectivity index (χ2v) is 6.53. The van der Waals surface area contributed by atoms with Gasteiger partial charge in [0.2, 0.25) is 5.95 Å².